The normalized spacial score (nSPS) is 19.3. The molecule has 2 amide bonds. The molecule has 4 nitrogen and oxygen atoms in total. The van der Waals surface area contributed by atoms with Crippen LogP contribution in [0.15, 0.2) is 24.3 Å². The quantitative estimate of drug-likeness (QED) is 0.864. The van der Waals surface area contributed by atoms with Crippen LogP contribution in [0.4, 0.5) is 0 Å². The zero-order valence-corrected chi connectivity index (χ0v) is 16.0. The lowest BCUT2D eigenvalue weighted by Crippen LogP contribution is -2.39. The molecule has 0 unspecified atom stereocenters. The smallest absolute Gasteiger partial charge is 0.253 e. The lowest BCUT2D eigenvalue weighted by Gasteiger charge is -2.32. The second-order valence-corrected chi connectivity index (χ2v) is 8.04. The van der Waals surface area contributed by atoms with Gasteiger partial charge in [-0.15, -0.1) is 0 Å². The van der Waals surface area contributed by atoms with Crippen molar-refractivity contribution >= 4 is 11.8 Å². The van der Waals surface area contributed by atoms with Crippen molar-refractivity contribution in [3.63, 3.8) is 0 Å². The molecule has 3 rings (SSSR count). The summed E-state index contributed by atoms with van der Waals surface area (Å²) in [4.78, 5) is 26.7. The molecule has 1 aliphatic carbocycles. The van der Waals surface area contributed by atoms with Crippen molar-refractivity contribution in [3.8, 4) is 0 Å². The van der Waals surface area contributed by atoms with E-state index in [1.165, 1.54) is 24.8 Å². The van der Waals surface area contributed by atoms with Crippen LogP contribution < -0.4 is 5.32 Å². The predicted molar refractivity (Wildman–Crippen MR) is 104 cm³/mol. The lowest BCUT2D eigenvalue weighted by atomic mass is 9.91. The molecule has 1 aromatic rings. The van der Waals surface area contributed by atoms with E-state index >= 15 is 0 Å². The van der Waals surface area contributed by atoms with Crippen molar-refractivity contribution in [2.45, 2.75) is 70.8 Å². The number of nitrogens with one attached hydrogen (secondary N) is 1. The molecule has 0 radical (unpaired) electrons. The molecule has 1 aliphatic heterocycles. The van der Waals surface area contributed by atoms with Gasteiger partial charge in [-0.05, 0) is 57.1 Å². The summed E-state index contributed by atoms with van der Waals surface area (Å²) >= 11 is 0. The molecule has 0 bridgehead atoms. The van der Waals surface area contributed by atoms with Crippen LogP contribution in [0.1, 0.15) is 73.7 Å². The number of piperidine rings is 1. The molecule has 26 heavy (non-hydrogen) atoms. The number of likely N-dealkylation sites (tertiary alicyclic amines) is 1. The Labute approximate surface area is 157 Å². The number of benzene rings is 1. The molecule has 1 aromatic carbocycles. The predicted octanol–water partition coefficient (Wildman–Crippen LogP) is 4.08. The fraction of sp³-hybridized carbons (Fsp3) is 0.636. The Hall–Kier alpha value is -1.84. The Morgan fingerprint density at radius 3 is 2.31 bits per heavy atom. The molecule has 4 heteroatoms. The Kier molecular flexibility index (Phi) is 6.70. The molecule has 0 aromatic heterocycles. The highest BCUT2D eigenvalue weighted by Gasteiger charge is 2.24. The van der Waals surface area contributed by atoms with Crippen LogP contribution in [0, 0.1) is 12.8 Å². The van der Waals surface area contributed by atoms with Crippen LogP contribution in [-0.4, -0.2) is 35.8 Å². The van der Waals surface area contributed by atoms with E-state index < -0.39 is 0 Å². The maximum Gasteiger partial charge on any atom is 0.253 e. The summed E-state index contributed by atoms with van der Waals surface area (Å²) in [5.41, 5.74) is 1.95. The zero-order valence-electron chi connectivity index (χ0n) is 16.0. The fourth-order valence-corrected chi connectivity index (χ4v) is 4.19. The van der Waals surface area contributed by atoms with E-state index in [-0.39, 0.29) is 11.8 Å². The van der Waals surface area contributed by atoms with Gasteiger partial charge in [-0.25, -0.2) is 0 Å². The van der Waals surface area contributed by atoms with Gasteiger partial charge in [0.05, 0.1) is 0 Å². The first-order chi connectivity index (χ1) is 12.6. The molecule has 0 spiro atoms. The summed E-state index contributed by atoms with van der Waals surface area (Å²) in [6.45, 7) is 3.65. The van der Waals surface area contributed by atoms with Crippen LogP contribution in [-0.2, 0) is 4.79 Å². The minimum absolute atomic E-state index is 0.137. The van der Waals surface area contributed by atoms with Gasteiger partial charge < -0.3 is 10.2 Å². The number of rotatable bonds is 5. The summed E-state index contributed by atoms with van der Waals surface area (Å²) < 4.78 is 0. The molecule has 1 saturated heterocycles. The third kappa shape index (κ3) is 5.33. The van der Waals surface area contributed by atoms with Crippen LogP contribution >= 0.6 is 0 Å². The van der Waals surface area contributed by atoms with Crippen LogP contribution in [0.3, 0.4) is 0 Å². The summed E-state index contributed by atoms with van der Waals surface area (Å²) in [6.07, 6.45) is 9.69. The van der Waals surface area contributed by atoms with Gasteiger partial charge in [-0.3, -0.25) is 9.59 Å². The van der Waals surface area contributed by atoms with Gasteiger partial charge in [-0.2, -0.15) is 0 Å². The van der Waals surface area contributed by atoms with E-state index in [2.05, 4.69) is 5.32 Å². The van der Waals surface area contributed by atoms with Crippen molar-refractivity contribution in [3.05, 3.63) is 35.4 Å². The second kappa shape index (κ2) is 9.20. The second-order valence-electron chi connectivity index (χ2n) is 8.04. The van der Waals surface area contributed by atoms with E-state index in [0.29, 0.717) is 18.4 Å². The summed E-state index contributed by atoms with van der Waals surface area (Å²) in [5, 5.41) is 3.21. The highest BCUT2D eigenvalue weighted by atomic mass is 16.2. The average Bonchev–Trinajstić information content (AvgIpc) is 2.68. The molecule has 2 fully saturated rings. The van der Waals surface area contributed by atoms with Gasteiger partial charge in [-0.1, -0.05) is 37.0 Å². The Morgan fingerprint density at radius 1 is 1.00 bits per heavy atom. The maximum atomic E-state index is 12.6. The van der Waals surface area contributed by atoms with Crippen molar-refractivity contribution in [1.82, 2.24) is 10.2 Å². The standard InChI is InChI=1S/C22H32N2O2/c1-17-7-10-19(11-8-17)22(26)24-15-13-18(14-16-24)9-12-21(25)23-20-5-3-2-4-6-20/h7-8,10-11,18,20H,2-6,9,12-16H2,1H3,(H,23,25). The van der Waals surface area contributed by atoms with E-state index in [0.717, 1.165) is 50.8 Å². The first kappa shape index (κ1) is 18.9. The molecular weight excluding hydrogens is 324 g/mol. The van der Waals surface area contributed by atoms with Crippen LogP contribution in [0.5, 0.6) is 0 Å². The number of carbonyl (C=O) groups excluding carboxylic acids is 2. The number of hydrogen-bond acceptors (Lipinski definition) is 2. The average molecular weight is 357 g/mol. The monoisotopic (exact) mass is 356 g/mol. The van der Waals surface area contributed by atoms with E-state index in [1.807, 2.05) is 36.1 Å². The van der Waals surface area contributed by atoms with Crippen molar-refractivity contribution in [1.29, 1.82) is 0 Å². The van der Waals surface area contributed by atoms with Gasteiger partial charge >= 0.3 is 0 Å². The minimum Gasteiger partial charge on any atom is -0.353 e. The zero-order chi connectivity index (χ0) is 18.4. The van der Waals surface area contributed by atoms with E-state index in [9.17, 15) is 9.59 Å². The highest BCUT2D eigenvalue weighted by molar-refractivity contribution is 5.94. The molecule has 2 aliphatic rings. The summed E-state index contributed by atoms with van der Waals surface area (Å²) in [5.74, 6) is 0.919. The third-order valence-electron chi connectivity index (χ3n) is 5.95. The molecular formula is C22H32N2O2. The number of hydrogen-bond donors (Lipinski definition) is 1. The summed E-state index contributed by atoms with van der Waals surface area (Å²) in [6, 6.07) is 8.22. The minimum atomic E-state index is 0.137. The van der Waals surface area contributed by atoms with Gasteiger partial charge in [0, 0.05) is 31.1 Å². The molecule has 1 N–H and O–H groups in total. The summed E-state index contributed by atoms with van der Waals surface area (Å²) in [7, 11) is 0. The van der Waals surface area contributed by atoms with E-state index in [4.69, 9.17) is 0 Å². The number of carbonyl (C=O) groups is 2. The number of amides is 2. The molecule has 0 atom stereocenters. The number of aryl methyl sites for hydroxylation is 1. The third-order valence-corrected chi connectivity index (χ3v) is 5.95. The SMILES string of the molecule is Cc1ccc(C(=O)N2CCC(CCC(=O)NC3CCCCC3)CC2)cc1. The van der Waals surface area contributed by atoms with Gasteiger partial charge in [0.2, 0.25) is 5.91 Å². The fourth-order valence-electron chi connectivity index (χ4n) is 4.19. The first-order valence-corrected chi connectivity index (χ1v) is 10.3. The molecule has 1 saturated carbocycles. The van der Waals surface area contributed by atoms with Gasteiger partial charge in [0.1, 0.15) is 0 Å². The highest BCUT2D eigenvalue weighted by Crippen LogP contribution is 2.24. The molecule has 1 heterocycles. The maximum absolute atomic E-state index is 12.6. The largest absolute Gasteiger partial charge is 0.353 e. The van der Waals surface area contributed by atoms with E-state index in [1.54, 1.807) is 0 Å². The Balaban J connectivity index is 1.37. The number of nitrogens with zero attached hydrogens (tertiary/aromatic N) is 1. The van der Waals surface area contributed by atoms with Crippen molar-refractivity contribution in [2.75, 3.05) is 13.1 Å². The lowest BCUT2D eigenvalue weighted by molar-refractivity contribution is -0.122. The Morgan fingerprint density at radius 2 is 1.65 bits per heavy atom. The van der Waals surface area contributed by atoms with Gasteiger partial charge in [0.25, 0.3) is 5.91 Å². The van der Waals surface area contributed by atoms with Gasteiger partial charge in [0.15, 0.2) is 0 Å². The van der Waals surface area contributed by atoms with Crippen LogP contribution in [0.2, 0.25) is 0 Å². The molecule has 142 valence electrons. The topological polar surface area (TPSA) is 49.4 Å². The Bertz CT molecular complexity index is 597. The van der Waals surface area contributed by atoms with Crippen molar-refractivity contribution < 1.29 is 9.59 Å². The first-order valence-electron chi connectivity index (χ1n) is 10.3. The van der Waals surface area contributed by atoms with Crippen LogP contribution in [0.25, 0.3) is 0 Å². The van der Waals surface area contributed by atoms with Crippen molar-refractivity contribution in [2.24, 2.45) is 5.92 Å².